The zero-order chi connectivity index (χ0) is 14.0. The predicted molar refractivity (Wildman–Crippen MR) is 64.3 cm³/mol. The van der Waals surface area contributed by atoms with E-state index in [-0.39, 0.29) is 18.5 Å². The lowest BCUT2D eigenvalue weighted by atomic mass is 9.80. The highest BCUT2D eigenvalue weighted by Crippen LogP contribution is 2.33. The van der Waals surface area contributed by atoms with Crippen molar-refractivity contribution in [1.82, 2.24) is 5.32 Å². The molecule has 1 fully saturated rings. The predicted octanol–water partition coefficient (Wildman–Crippen LogP) is 1.34. The Labute approximate surface area is 108 Å². The molecule has 1 aromatic rings. The van der Waals surface area contributed by atoms with Crippen LogP contribution in [0.15, 0.2) is 18.2 Å². The molecule has 0 spiro atoms. The van der Waals surface area contributed by atoms with Crippen molar-refractivity contribution in [2.45, 2.75) is 12.8 Å². The van der Waals surface area contributed by atoms with Crippen LogP contribution in [0.1, 0.15) is 12.0 Å². The number of nitrogens with one attached hydrogen (secondary N) is 1. The van der Waals surface area contributed by atoms with Crippen LogP contribution in [0.5, 0.6) is 0 Å². The van der Waals surface area contributed by atoms with Gasteiger partial charge in [-0.25, -0.2) is 0 Å². The molecule has 2 N–H and O–H groups in total. The van der Waals surface area contributed by atoms with E-state index in [2.05, 4.69) is 5.32 Å². The van der Waals surface area contributed by atoms with E-state index in [0.29, 0.717) is 13.0 Å². The Kier molecular flexibility index (Phi) is 3.48. The summed E-state index contributed by atoms with van der Waals surface area (Å²) < 4.78 is 14.0. The van der Waals surface area contributed by atoms with Crippen LogP contribution in [0.4, 0.5) is 10.1 Å². The summed E-state index contributed by atoms with van der Waals surface area (Å²) in [6.45, 7) is 0.785. The number of hydrogen-bond acceptors (Lipinski definition) is 4. The number of hydrogen-bond donors (Lipinski definition) is 2. The smallest absolute Gasteiger partial charge is 0.311 e. The van der Waals surface area contributed by atoms with Gasteiger partial charge in [0.2, 0.25) is 5.82 Å². The van der Waals surface area contributed by atoms with Gasteiger partial charge in [-0.15, -0.1) is 0 Å². The van der Waals surface area contributed by atoms with E-state index < -0.39 is 27.8 Å². The molecule has 0 saturated carbocycles. The SMILES string of the molecule is O=C(O)C1(Cc2cccc([N+](=O)[O-])c2F)CCNC1. The highest BCUT2D eigenvalue weighted by atomic mass is 19.1. The summed E-state index contributed by atoms with van der Waals surface area (Å²) in [5.41, 5.74) is -1.64. The molecule has 2 rings (SSSR count). The van der Waals surface area contributed by atoms with Crippen molar-refractivity contribution in [1.29, 1.82) is 0 Å². The number of carboxylic acid groups (broad SMARTS) is 1. The van der Waals surface area contributed by atoms with E-state index >= 15 is 0 Å². The van der Waals surface area contributed by atoms with Gasteiger partial charge in [0.05, 0.1) is 10.3 Å². The molecule has 19 heavy (non-hydrogen) atoms. The van der Waals surface area contributed by atoms with E-state index in [0.717, 1.165) is 6.07 Å². The van der Waals surface area contributed by atoms with E-state index in [1.54, 1.807) is 0 Å². The van der Waals surface area contributed by atoms with Gasteiger partial charge in [0, 0.05) is 12.6 Å². The van der Waals surface area contributed by atoms with E-state index in [1.165, 1.54) is 12.1 Å². The molecule has 1 aliphatic rings. The third kappa shape index (κ3) is 2.41. The van der Waals surface area contributed by atoms with Crippen LogP contribution >= 0.6 is 0 Å². The van der Waals surface area contributed by atoms with E-state index in [1.807, 2.05) is 0 Å². The molecule has 1 atom stereocenters. The van der Waals surface area contributed by atoms with Crippen molar-refractivity contribution in [2.24, 2.45) is 5.41 Å². The summed E-state index contributed by atoms with van der Waals surface area (Å²) in [5, 5.41) is 22.9. The fourth-order valence-corrected chi connectivity index (χ4v) is 2.36. The lowest BCUT2D eigenvalue weighted by Gasteiger charge is -2.23. The molecule has 1 aliphatic heterocycles. The number of nitrogens with zero attached hydrogens (tertiary/aromatic N) is 1. The number of carboxylic acids is 1. The average Bonchev–Trinajstić information content (AvgIpc) is 2.81. The topological polar surface area (TPSA) is 92.5 Å². The maximum atomic E-state index is 14.0. The van der Waals surface area contributed by atoms with Crippen LogP contribution in [0.25, 0.3) is 0 Å². The summed E-state index contributed by atoms with van der Waals surface area (Å²) in [5.74, 6) is -1.96. The van der Waals surface area contributed by atoms with Gasteiger partial charge in [-0.1, -0.05) is 12.1 Å². The third-order valence-corrected chi connectivity index (χ3v) is 3.48. The third-order valence-electron chi connectivity index (χ3n) is 3.48. The monoisotopic (exact) mass is 268 g/mol. The van der Waals surface area contributed by atoms with E-state index in [9.17, 15) is 24.4 Å². The molecule has 0 aromatic heterocycles. The number of halogens is 1. The number of carbonyl (C=O) groups is 1. The molecule has 1 unspecified atom stereocenters. The molecular formula is C12H13FN2O4. The molecule has 0 bridgehead atoms. The van der Waals surface area contributed by atoms with Crippen molar-refractivity contribution in [2.75, 3.05) is 13.1 Å². The lowest BCUT2D eigenvalue weighted by molar-refractivity contribution is -0.387. The Morgan fingerprint density at radius 3 is 2.84 bits per heavy atom. The molecule has 102 valence electrons. The molecule has 7 heteroatoms. The first-order chi connectivity index (χ1) is 8.96. The van der Waals surface area contributed by atoms with Crippen LogP contribution in [-0.2, 0) is 11.2 Å². The number of nitro benzene ring substituents is 1. The average molecular weight is 268 g/mol. The van der Waals surface area contributed by atoms with Crippen molar-refractivity contribution < 1.29 is 19.2 Å². The second-order valence-corrected chi connectivity index (χ2v) is 4.70. The second-order valence-electron chi connectivity index (χ2n) is 4.70. The van der Waals surface area contributed by atoms with Gasteiger partial charge in [0.15, 0.2) is 0 Å². The van der Waals surface area contributed by atoms with Crippen LogP contribution in [-0.4, -0.2) is 29.1 Å². The lowest BCUT2D eigenvalue weighted by Crippen LogP contribution is -2.35. The van der Waals surface area contributed by atoms with Gasteiger partial charge in [-0.05, 0) is 24.9 Å². The normalized spacial score (nSPS) is 22.4. The fraction of sp³-hybridized carbons (Fsp3) is 0.417. The van der Waals surface area contributed by atoms with Gasteiger partial charge < -0.3 is 10.4 Å². The number of nitro groups is 1. The number of rotatable bonds is 4. The van der Waals surface area contributed by atoms with Crippen LogP contribution in [0.2, 0.25) is 0 Å². The molecule has 1 aromatic carbocycles. The van der Waals surface area contributed by atoms with Gasteiger partial charge >= 0.3 is 11.7 Å². The van der Waals surface area contributed by atoms with Gasteiger partial charge in [-0.2, -0.15) is 4.39 Å². The Morgan fingerprint density at radius 2 is 2.32 bits per heavy atom. The number of aliphatic carboxylic acids is 1. The second kappa shape index (κ2) is 4.93. The zero-order valence-corrected chi connectivity index (χ0v) is 10.1. The molecule has 0 amide bonds. The summed E-state index contributed by atoms with van der Waals surface area (Å²) in [6, 6.07) is 3.83. The van der Waals surface area contributed by atoms with Crippen molar-refractivity contribution >= 4 is 11.7 Å². The number of benzene rings is 1. The Hall–Kier alpha value is -2.02. The summed E-state index contributed by atoms with van der Waals surface area (Å²) >= 11 is 0. The Morgan fingerprint density at radius 1 is 1.58 bits per heavy atom. The van der Waals surface area contributed by atoms with E-state index in [4.69, 9.17) is 0 Å². The minimum atomic E-state index is -1.09. The fourth-order valence-electron chi connectivity index (χ4n) is 2.36. The van der Waals surface area contributed by atoms with Crippen LogP contribution < -0.4 is 5.32 Å². The summed E-state index contributed by atoms with van der Waals surface area (Å²) in [4.78, 5) is 21.2. The minimum absolute atomic E-state index is 0.0527. The first kappa shape index (κ1) is 13.4. The molecule has 1 saturated heterocycles. The first-order valence-electron chi connectivity index (χ1n) is 5.82. The Balaban J connectivity index is 2.35. The maximum Gasteiger partial charge on any atom is 0.311 e. The Bertz CT molecular complexity index is 526. The molecule has 1 heterocycles. The maximum absolute atomic E-state index is 14.0. The zero-order valence-electron chi connectivity index (χ0n) is 10.1. The van der Waals surface area contributed by atoms with Gasteiger partial charge in [0.1, 0.15) is 0 Å². The highest BCUT2D eigenvalue weighted by Gasteiger charge is 2.42. The molecular weight excluding hydrogens is 255 g/mol. The first-order valence-corrected chi connectivity index (χ1v) is 5.82. The van der Waals surface area contributed by atoms with Crippen molar-refractivity contribution in [3.05, 3.63) is 39.7 Å². The van der Waals surface area contributed by atoms with Crippen molar-refractivity contribution in [3.8, 4) is 0 Å². The minimum Gasteiger partial charge on any atom is -0.481 e. The molecule has 6 nitrogen and oxygen atoms in total. The van der Waals surface area contributed by atoms with Crippen LogP contribution in [0, 0.1) is 21.3 Å². The molecule has 0 aliphatic carbocycles. The largest absolute Gasteiger partial charge is 0.481 e. The highest BCUT2D eigenvalue weighted by molar-refractivity contribution is 5.76. The quantitative estimate of drug-likeness (QED) is 0.635. The summed E-state index contributed by atoms with van der Waals surface area (Å²) in [7, 11) is 0. The summed E-state index contributed by atoms with van der Waals surface area (Å²) in [6.07, 6.45) is 0.327. The van der Waals surface area contributed by atoms with Gasteiger partial charge in [0.25, 0.3) is 0 Å². The van der Waals surface area contributed by atoms with Gasteiger partial charge in [-0.3, -0.25) is 14.9 Å². The van der Waals surface area contributed by atoms with Crippen LogP contribution in [0.3, 0.4) is 0 Å². The molecule has 0 radical (unpaired) electrons. The van der Waals surface area contributed by atoms with Crippen molar-refractivity contribution in [3.63, 3.8) is 0 Å². The standard InChI is InChI=1S/C12H13FN2O4/c13-10-8(2-1-3-9(10)15(18)19)6-12(11(16)17)4-5-14-7-12/h1-3,14H,4-7H2,(H,16,17).